The Labute approximate surface area is 169 Å². The van der Waals surface area contributed by atoms with Gasteiger partial charge in [0.1, 0.15) is 11.6 Å². The fraction of sp³-hybridized carbons (Fsp3) is 0.364. The summed E-state index contributed by atoms with van der Waals surface area (Å²) in [7, 11) is 1.52. The van der Waals surface area contributed by atoms with Gasteiger partial charge >= 0.3 is 0 Å². The Morgan fingerprint density at radius 3 is 2.79 bits per heavy atom. The zero-order valence-electron chi connectivity index (χ0n) is 16.4. The van der Waals surface area contributed by atoms with Crippen LogP contribution in [0.3, 0.4) is 0 Å². The second-order valence-corrected chi connectivity index (χ2v) is 7.43. The molecule has 0 bridgehead atoms. The van der Waals surface area contributed by atoms with Gasteiger partial charge in [-0.05, 0) is 56.1 Å². The van der Waals surface area contributed by atoms with Crippen molar-refractivity contribution in [3.8, 4) is 17.0 Å². The Morgan fingerprint density at radius 1 is 1.28 bits per heavy atom. The number of benzene rings is 1. The highest BCUT2D eigenvalue weighted by molar-refractivity contribution is 5.64. The van der Waals surface area contributed by atoms with Gasteiger partial charge in [0.15, 0.2) is 0 Å². The van der Waals surface area contributed by atoms with Crippen LogP contribution in [0.2, 0.25) is 0 Å². The van der Waals surface area contributed by atoms with Crippen molar-refractivity contribution in [2.75, 3.05) is 20.2 Å². The highest BCUT2D eigenvalue weighted by Crippen LogP contribution is 2.32. The zero-order chi connectivity index (χ0) is 20.2. The van der Waals surface area contributed by atoms with E-state index < -0.39 is 6.10 Å². The summed E-state index contributed by atoms with van der Waals surface area (Å²) in [6.07, 6.45) is 4.72. The van der Waals surface area contributed by atoms with Gasteiger partial charge in [-0.2, -0.15) is 5.10 Å². The summed E-state index contributed by atoms with van der Waals surface area (Å²) in [6, 6.07) is 10.5. The van der Waals surface area contributed by atoms with Gasteiger partial charge in [-0.15, -0.1) is 0 Å². The summed E-state index contributed by atoms with van der Waals surface area (Å²) >= 11 is 0. The number of H-pyrrole nitrogens is 1. The SMILES string of the molecule is COc1ccc(-c2[nH]ncc2CN2CCC(C(O)c3ccccn3)CC2)c(F)c1. The smallest absolute Gasteiger partial charge is 0.136 e. The Balaban J connectivity index is 1.40. The molecule has 0 saturated carbocycles. The van der Waals surface area contributed by atoms with E-state index in [-0.39, 0.29) is 11.7 Å². The van der Waals surface area contributed by atoms with Gasteiger partial charge in [-0.3, -0.25) is 15.0 Å². The number of ether oxygens (including phenoxy) is 1. The quantitative estimate of drug-likeness (QED) is 0.666. The first kappa shape index (κ1) is 19.5. The molecule has 7 heteroatoms. The molecule has 1 saturated heterocycles. The van der Waals surface area contributed by atoms with Crippen molar-refractivity contribution in [2.45, 2.75) is 25.5 Å². The maximum Gasteiger partial charge on any atom is 0.136 e. The number of hydrogen-bond acceptors (Lipinski definition) is 5. The number of aromatic nitrogens is 3. The van der Waals surface area contributed by atoms with Crippen molar-refractivity contribution in [1.82, 2.24) is 20.1 Å². The third kappa shape index (κ3) is 4.31. The largest absolute Gasteiger partial charge is 0.497 e. The van der Waals surface area contributed by atoms with Crippen LogP contribution in [0.1, 0.15) is 30.2 Å². The van der Waals surface area contributed by atoms with Gasteiger partial charge in [0.05, 0.1) is 30.8 Å². The van der Waals surface area contributed by atoms with Crippen LogP contribution < -0.4 is 4.74 Å². The predicted molar refractivity (Wildman–Crippen MR) is 108 cm³/mol. The Kier molecular flexibility index (Phi) is 5.87. The molecule has 1 unspecified atom stereocenters. The first-order valence-electron chi connectivity index (χ1n) is 9.83. The maximum absolute atomic E-state index is 14.5. The van der Waals surface area contributed by atoms with E-state index in [2.05, 4.69) is 20.1 Å². The molecule has 1 atom stereocenters. The third-order valence-electron chi connectivity index (χ3n) is 5.63. The first-order valence-corrected chi connectivity index (χ1v) is 9.83. The fourth-order valence-electron chi connectivity index (χ4n) is 3.95. The van der Waals surface area contributed by atoms with Gasteiger partial charge in [-0.25, -0.2) is 4.39 Å². The summed E-state index contributed by atoms with van der Waals surface area (Å²) < 4.78 is 19.6. The van der Waals surface area contributed by atoms with E-state index in [1.807, 2.05) is 18.2 Å². The summed E-state index contributed by atoms with van der Waals surface area (Å²) in [5, 5.41) is 17.7. The lowest BCUT2D eigenvalue weighted by Crippen LogP contribution is -2.35. The molecule has 0 radical (unpaired) electrons. The number of aromatic amines is 1. The van der Waals surface area contributed by atoms with E-state index in [0.29, 0.717) is 23.6 Å². The second-order valence-electron chi connectivity index (χ2n) is 7.43. The van der Waals surface area contributed by atoms with Gasteiger partial charge in [0.2, 0.25) is 0 Å². The number of aliphatic hydroxyl groups excluding tert-OH is 1. The second kappa shape index (κ2) is 8.71. The van der Waals surface area contributed by atoms with Crippen LogP contribution in [-0.4, -0.2) is 45.4 Å². The molecule has 152 valence electrons. The number of aliphatic hydroxyl groups is 1. The molecular weight excluding hydrogens is 371 g/mol. The van der Waals surface area contributed by atoms with Crippen molar-refractivity contribution in [3.63, 3.8) is 0 Å². The lowest BCUT2D eigenvalue weighted by Gasteiger charge is -2.34. The first-order chi connectivity index (χ1) is 14.2. The lowest BCUT2D eigenvalue weighted by molar-refractivity contribution is 0.0540. The van der Waals surface area contributed by atoms with Gasteiger partial charge < -0.3 is 9.84 Å². The molecule has 1 fully saturated rings. The van der Waals surface area contributed by atoms with E-state index >= 15 is 0 Å². The molecule has 0 aliphatic carbocycles. The normalized spacial score (nSPS) is 16.7. The molecule has 0 spiro atoms. The van der Waals surface area contributed by atoms with Crippen LogP contribution in [0.15, 0.2) is 48.8 Å². The van der Waals surface area contributed by atoms with Crippen molar-refractivity contribution >= 4 is 0 Å². The summed E-state index contributed by atoms with van der Waals surface area (Å²) in [5.41, 5.74) is 2.87. The number of likely N-dealkylation sites (tertiary alicyclic amines) is 1. The van der Waals surface area contributed by atoms with Crippen molar-refractivity contribution < 1.29 is 14.2 Å². The van der Waals surface area contributed by atoms with Gasteiger partial charge in [0, 0.05) is 29.9 Å². The maximum atomic E-state index is 14.5. The minimum absolute atomic E-state index is 0.198. The predicted octanol–water partition coefficient (Wildman–Crippen LogP) is 3.57. The van der Waals surface area contributed by atoms with Crippen LogP contribution in [-0.2, 0) is 6.54 Å². The molecular formula is C22H25FN4O2. The van der Waals surface area contributed by atoms with Crippen LogP contribution in [0.5, 0.6) is 5.75 Å². The number of hydrogen-bond donors (Lipinski definition) is 2. The summed E-state index contributed by atoms with van der Waals surface area (Å²) in [6.45, 7) is 2.41. The van der Waals surface area contributed by atoms with E-state index in [1.54, 1.807) is 24.5 Å². The topological polar surface area (TPSA) is 74.3 Å². The molecule has 3 heterocycles. The minimum atomic E-state index is -0.531. The Bertz CT molecular complexity index is 939. The highest BCUT2D eigenvalue weighted by atomic mass is 19.1. The minimum Gasteiger partial charge on any atom is -0.497 e. The molecule has 2 aromatic heterocycles. The van der Waals surface area contributed by atoms with Gasteiger partial charge in [-0.1, -0.05) is 6.07 Å². The molecule has 2 N–H and O–H groups in total. The number of rotatable bonds is 6. The number of nitrogens with one attached hydrogen (secondary N) is 1. The summed E-state index contributed by atoms with van der Waals surface area (Å²) in [5.74, 6) is 0.344. The highest BCUT2D eigenvalue weighted by Gasteiger charge is 2.27. The average molecular weight is 396 g/mol. The van der Waals surface area contributed by atoms with E-state index in [0.717, 1.165) is 37.2 Å². The molecule has 29 heavy (non-hydrogen) atoms. The number of halogens is 1. The molecule has 3 aromatic rings. The molecule has 0 amide bonds. The number of piperidine rings is 1. The number of pyridine rings is 1. The van der Waals surface area contributed by atoms with Crippen molar-refractivity contribution in [2.24, 2.45) is 5.92 Å². The van der Waals surface area contributed by atoms with Crippen molar-refractivity contribution in [3.05, 3.63) is 65.9 Å². The van der Waals surface area contributed by atoms with Gasteiger partial charge in [0.25, 0.3) is 0 Å². The lowest BCUT2D eigenvalue weighted by atomic mass is 9.89. The van der Waals surface area contributed by atoms with Crippen molar-refractivity contribution in [1.29, 1.82) is 0 Å². The molecule has 1 aromatic carbocycles. The number of methoxy groups -OCH3 is 1. The zero-order valence-corrected chi connectivity index (χ0v) is 16.4. The van der Waals surface area contributed by atoms with Crippen LogP contribution >= 0.6 is 0 Å². The molecule has 6 nitrogen and oxygen atoms in total. The molecule has 4 rings (SSSR count). The van der Waals surface area contributed by atoms with Crippen LogP contribution in [0.25, 0.3) is 11.3 Å². The fourth-order valence-corrected chi connectivity index (χ4v) is 3.95. The average Bonchev–Trinajstić information content (AvgIpc) is 3.22. The third-order valence-corrected chi connectivity index (χ3v) is 5.63. The Morgan fingerprint density at radius 2 is 2.10 bits per heavy atom. The summed E-state index contributed by atoms with van der Waals surface area (Å²) in [4.78, 5) is 6.60. The van der Waals surface area contributed by atoms with E-state index in [1.165, 1.54) is 13.2 Å². The van der Waals surface area contributed by atoms with Crippen LogP contribution in [0.4, 0.5) is 4.39 Å². The van der Waals surface area contributed by atoms with E-state index in [4.69, 9.17) is 4.74 Å². The molecule has 1 aliphatic heterocycles. The monoisotopic (exact) mass is 396 g/mol. The van der Waals surface area contributed by atoms with Crippen LogP contribution in [0, 0.1) is 11.7 Å². The van der Waals surface area contributed by atoms with E-state index in [9.17, 15) is 9.50 Å². The standard InChI is InChI=1S/C22H25FN4O2/c1-29-17-5-6-18(19(23)12-17)21-16(13-25-26-21)14-27-10-7-15(8-11-27)22(28)20-4-2-3-9-24-20/h2-6,9,12-13,15,22,28H,7-8,10-11,14H2,1H3,(H,25,26). The Hall–Kier alpha value is -2.77. The number of nitrogens with zero attached hydrogens (tertiary/aromatic N) is 3. The molecule has 1 aliphatic rings.